The van der Waals surface area contributed by atoms with E-state index < -0.39 is 18.1 Å². The Kier molecular flexibility index (Phi) is 4.94. The SMILES string of the molecule is O=C(O)CC1CCN(C2CCC(C(F)(F)F)CC2)CC1. The summed E-state index contributed by atoms with van der Waals surface area (Å²) in [7, 11) is 0. The molecular formula is C14H22F3NO2. The van der Waals surface area contributed by atoms with Gasteiger partial charge in [-0.25, -0.2) is 0 Å². The fourth-order valence-corrected chi connectivity index (χ4v) is 3.54. The number of carbonyl (C=O) groups is 1. The van der Waals surface area contributed by atoms with Gasteiger partial charge in [-0.05, 0) is 57.5 Å². The lowest BCUT2D eigenvalue weighted by Gasteiger charge is -2.40. The Bertz CT molecular complexity index is 330. The molecular weight excluding hydrogens is 271 g/mol. The normalized spacial score (nSPS) is 30.4. The van der Waals surface area contributed by atoms with Crippen molar-refractivity contribution >= 4 is 5.97 Å². The van der Waals surface area contributed by atoms with E-state index >= 15 is 0 Å². The fraction of sp³-hybridized carbons (Fsp3) is 0.929. The van der Waals surface area contributed by atoms with Crippen molar-refractivity contribution in [2.75, 3.05) is 13.1 Å². The van der Waals surface area contributed by atoms with Crippen LogP contribution in [0.4, 0.5) is 13.2 Å². The average molecular weight is 293 g/mol. The molecule has 1 aliphatic heterocycles. The number of hydrogen-bond acceptors (Lipinski definition) is 2. The van der Waals surface area contributed by atoms with Crippen LogP contribution in [0.1, 0.15) is 44.9 Å². The van der Waals surface area contributed by atoms with Crippen LogP contribution in [-0.2, 0) is 4.79 Å². The highest BCUT2D eigenvalue weighted by molar-refractivity contribution is 5.67. The van der Waals surface area contributed by atoms with Gasteiger partial charge in [0.2, 0.25) is 0 Å². The molecule has 1 aliphatic carbocycles. The van der Waals surface area contributed by atoms with Gasteiger partial charge in [-0.1, -0.05) is 0 Å². The summed E-state index contributed by atoms with van der Waals surface area (Å²) in [6, 6.07) is 0.263. The number of alkyl halides is 3. The highest BCUT2D eigenvalue weighted by Crippen LogP contribution is 2.39. The highest BCUT2D eigenvalue weighted by Gasteiger charge is 2.42. The number of nitrogens with zero attached hydrogens (tertiary/aromatic N) is 1. The van der Waals surface area contributed by atoms with Crippen molar-refractivity contribution in [3.05, 3.63) is 0 Å². The van der Waals surface area contributed by atoms with Crippen molar-refractivity contribution in [2.24, 2.45) is 11.8 Å². The first-order chi connectivity index (χ1) is 9.36. The van der Waals surface area contributed by atoms with Gasteiger partial charge in [0.15, 0.2) is 0 Å². The quantitative estimate of drug-likeness (QED) is 0.868. The molecule has 0 spiro atoms. The minimum atomic E-state index is -4.04. The Hall–Kier alpha value is -0.780. The van der Waals surface area contributed by atoms with Crippen LogP contribution in [0.25, 0.3) is 0 Å². The lowest BCUT2D eigenvalue weighted by Crippen LogP contribution is -2.44. The van der Waals surface area contributed by atoms with Crippen LogP contribution >= 0.6 is 0 Å². The molecule has 1 heterocycles. The Morgan fingerprint density at radius 2 is 1.60 bits per heavy atom. The van der Waals surface area contributed by atoms with E-state index in [0.29, 0.717) is 12.8 Å². The molecule has 2 fully saturated rings. The smallest absolute Gasteiger partial charge is 0.391 e. The first-order valence-electron chi connectivity index (χ1n) is 7.39. The highest BCUT2D eigenvalue weighted by atomic mass is 19.4. The van der Waals surface area contributed by atoms with E-state index in [4.69, 9.17) is 5.11 Å². The molecule has 2 aliphatic rings. The largest absolute Gasteiger partial charge is 0.481 e. The Morgan fingerprint density at radius 1 is 1.05 bits per heavy atom. The van der Waals surface area contributed by atoms with Crippen molar-refractivity contribution in [2.45, 2.75) is 57.2 Å². The zero-order valence-corrected chi connectivity index (χ0v) is 11.5. The number of hydrogen-bond donors (Lipinski definition) is 1. The predicted octanol–water partition coefficient (Wildman–Crippen LogP) is 3.29. The Labute approximate surface area is 117 Å². The number of rotatable bonds is 3. The fourth-order valence-electron chi connectivity index (χ4n) is 3.54. The molecule has 20 heavy (non-hydrogen) atoms. The summed E-state index contributed by atoms with van der Waals surface area (Å²) in [6.45, 7) is 1.67. The van der Waals surface area contributed by atoms with Crippen LogP contribution in [0.2, 0.25) is 0 Å². The van der Waals surface area contributed by atoms with E-state index in [0.717, 1.165) is 25.9 Å². The van der Waals surface area contributed by atoms with Gasteiger partial charge in [-0.15, -0.1) is 0 Å². The molecule has 0 aromatic heterocycles. The summed E-state index contributed by atoms with van der Waals surface area (Å²) >= 11 is 0. The zero-order chi connectivity index (χ0) is 14.8. The molecule has 3 nitrogen and oxygen atoms in total. The molecule has 1 N–H and O–H groups in total. The van der Waals surface area contributed by atoms with Crippen LogP contribution in [0.5, 0.6) is 0 Å². The second-order valence-electron chi connectivity index (χ2n) is 6.12. The molecule has 0 aromatic rings. The molecule has 0 aromatic carbocycles. The maximum Gasteiger partial charge on any atom is 0.391 e. The van der Waals surface area contributed by atoms with Crippen molar-refractivity contribution in [3.63, 3.8) is 0 Å². The minimum Gasteiger partial charge on any atom is -0.481 e. The third-order valence-electron chi connectivity index (χ3n) is 4.79. The molecule has 0 atom stereocenters. The van der Waals surface area contributed by atoms with Crippen LogP contribution < -0.4 is 0 Å². The number of aliphatic carboxylic acids is 1. The van der Waals surface area contributed by atoms with Crippen LogP contribution in [0.3, 0.4) is 0 Å². The second-order valence-corrected chi connectivity index (χ2v) is 6.12. The molecule has 2 rings (SSSR count). The van der Waals surface area contributed by atoms with Crippen molar-refractivity contribution in [1.29, 1.82) is 0 Å². The summed E-state index contributed by atoms with van der Waals surface area (Å²) in [5.74, 6) is -1.65. The van der Waals surface area contributed by atoms with Gasteiger partial charge in [-0.2, -0.15) is 13.2 Å². The monoisotopic (exact) mass is 293 g/mol. The van der Waals surface area contributed by atoms with Crippen molar-refractivity contribution < 1.29 is 23.1 Å². The number of carboxylic acids is 1. The lowest BCUT2D eigenvalue weighted by molar-refractivity contribution is -0.184. The minimum absolute atomic E-state index is 0.217. The van der Waals surface area contributed by atoms with Gasteiger partial charge in [0.25, 0.3) is 0 Å². The molecule has 1 saturated heterocycles. The van der Waals surface area contributed by atoms with E-state index in [1.807, 2.05) is 0 Å². The summed E-state index contributed by atoms with van der Waals surface area (Å²) in [5.41, 5.74) is 0. The van der Waals surface area contributed by atoms with Gasteiger partial charge in [0.1, 0.15) is 0 Å². The molecule has 1 saturated carbocycles. The summed E-state index contributed by atoms with van der Waals surface area (Å²) in [6.07, 6.45) is -0.404. The van der Waals surface area contributed by atoms with Gasteiger partial charge in [0.05, 0.1) is 5.92 Å². The second kappa shape index (κ2) is 6.33. The lowest BCUT2D eigenvalue weighted by atomic mass is 9.83. The number of piperidine rings is 1. The van der Waals surface area contributed by atoms with E-state index in [1.54, 1.807) is 0 Å². The zero-order valence-electron chi connectivity index (χ0n) is 11.5. The van der Waals surface area contributed by atoms with Crippen LogP contribution in [-0.4, -0.2) is 41.3 Å². The topological polar surface area (TPSA) is 40.5 Å². The standard InChI is InChI=1S/C14H22F3NO2/c15-14(16,17)11-1-3-12(4-2-11)18-7-5-10(6-8-18)9-13(19)20/h10-12H,1-9H2,(H,19,20). The predicted molar refractivity (Wildman–Crippen MR) is 68.4 cm³/mol. The van der Waals surface area contributed by atoms with Crippen LogP contribution in [0, 0.1) is 11.8 Å². The van der Waals surface area contributed by atoms with Gasteiger partial charge in [-0.3, -0.25) is 4.79 Å². The molecule has 0 radical (unpaired) electrons. The van der Waals surface area contributed by atoms with Crippen LogP contribution in [0.15, 0.2) is 0 Å². The van der Waals surface area contributed by atoms with Gasteiger partial charge in [0, 0.05) is 12.5 Å². The van der Waals surface area contributed by atoms with Gasteiger partial charge < -0.3 is 10.0 Å². The van der Waals surface area contributed by atoms with Gasteiger partial charge >= 0.3 is 12.1 Å². The molecule has 0 unspecified atom stereocenters. The maximum absolute atomic E-state index is 12.6. The number of halogens is 3. The summed E-state index contributed by atoms with van der Waals surface area (Å²) in [4.78, 5) is 12.9. The Balaban J connectivity index is 1.74. The maximum atomic E-state index is 12.6. The summed E-state index contributed by atoms with van der Waals surface area (Å²) in [5, 5.41) is 8.77. The third-order valence-corrected chi connectivity index (χ3v) is 4.79. The Morgan fingerprint density at radius 3 is 2.05 bits per heavy atom. The van der Waals surface area contributed by atoms with Crippen molar-refractivity contribution in [1.82, 2.24) is 4.90 Å². The number of carboxylic acid groups (broad SMARTS) is 1. The van der Waals surface area contributed by atoms with Crippen molar-refractivity contribution in [3.8, 4) is 0 Å². The summed E-state index contributed by atoms with van der Waals surface area (Å²) < 4.78 is 37.8. The number of likely N-dealkylation sites (tertiary alicyclic amines) is 1. The first kappa shape index (κ1) is 15.6. The molecule has 0 amide bonds. The average Bonchev–Trinajstić information content (AvgIpc) is 2.38. The molecule has 116 valence electrons. The van der Waals surface area contributed by atoms with E-state index in [2.05, 4.69) is 4.90 Å². The third kappa shape index (κ3) is 4.11. The van der Waals surface area contributed by atoms with E-state index in [9.17, 15) is 18.0 Å². The van der Waals surface area contributed by atoms with E-state index in [-0.39, 0.29) is 31.2 Å². The first-order valence-corrected chi connectivity index (χ1v) is 7.39. The molecule has 6 heteroatoms. The molecule has 0 bridgehead atoms. The van der Waals surface area contributed by atoms with E-state index in [1.165, 1.54) is 0 Å².